The summed E-state index contributed by atoms with van der Waals surface area (Å²) in [6.45, 7) is 2.84. The number of carbonyl (C=O) groups is 1. The average molecular weight is 289 g/mol. The lowest BCUT2D eigenvalue weighted by molar-refractivity contribution is -0.146. The molecule has 2 atom stereocenters. The van der Waals surface area contributed by atoms with E-state index in [1.807, 2.05) is 41.9 Å². The Morgan fingerprint density at radius 3 is 3.10 bits per heavy atom. The number of imidazole rings is 1. The van der Waals surface area contributed by atoms with Gasteiger partial charge in [-0.1, -0.05) is 6.07 Å². The van der Waals surface area contributed by atoms with Gasteiger partial charge in [0.1, 0.15) is 5.65 Å². The van der Waals surface area contributed by atoms with Crippen molar-refractivity contribution in [1.82, 2.24) is 14.3 Å². The quantitative estimate of drug-likeness (QED) is 0.893. The minimum atomic E-state index is -0.293. The summed E-state index contributed by atoms with van der Waals surface area (Å²) in [5, 5.41) is 9.21. The van der Waals surface area contributed by atoms with Gasteiger partial charge in [0.25, 0.3) is 0 Å². The first-order valence-electron chi connectivity index (χ1n) is 7.12. The normalized spacial score (nSPS) is 22.7. The number of carbonyl (C=O) groups excluding carboxylic acids is 1. The van der Waals surface area contributed by atoms with Crippen molar-refractivity contribution in [3.63, 3.8) is 0 Å². The molecule has 0 radical (unpaired) electrons. The molecule has 0 spiro atoms. The van der Waals surface area contributed by atoms with Crippen LogP contribution < -0.4 is 0 Å². The highest BCUT2D eigenvalue weighted by molar-refractivity contribution is 5.78. The second-order valence-electron chi connectivity index (χ2n) is 5.43. The lowest BCUT2D eigenvalue weighted by Crippen LogP contribution is -2.50. The van der Waals surface area contributed by atoms with Crippen LogP contribution in [0.15, 0.2) is 30.6 Å². The van der Waals surface area contributed by atoms with Gasteiger partial charge in [-0.2, -0.15) is 0 Å². The predicted molar refractivity (Wildman–Crippen MR) is 76.9 cm³/mol. The van der Waals surface area contributed by atoms with Crippen molar-refractivity contribution in [2.45, 2.75) is 25.6 Å². The van der Waals surface area contributed by atoms with Crippen molar-refractivity contribution in [1.29, 1.82) is 0 Å². The monoisotopic (exact) mass is 289 g/mol. The third-order valence-electron chi connectivity index (χ3n) is 3.63. The second kappa shape index (κ2) is 5.83. The maximum absolute atomic E-state index is 12.4. The van der Waals surface area contributed by atoms with Gasteiger partial charge in [-0.05, 0) is 19.1 Å². The molecule has 3 rings (SSSR count). The van der Waals surface area contributed by atoms with Crippen LogP contribution in [-0.4, -0.2) is 57.2 Å². The van der Waals surface area contributed by atoms with Crippen LogP contribution in [0, 0.1) is 0 Å². The van der Waals surface area contributed by atoms with E-state index in [4.69, 9.17) is 4.74 Å². The number of hydrogen-bond donors (Lipinski definition) is 1. The topological polar surface area (TPSA) is 67.1 Å². The number of hydrogen-bond acceptors (Lipinski definition) is 4. The van der Waals surface area contributed by atoms with Gasteiger partial charge in [-0.25, -0.2) is 4.98 Å². The average Bonchev–Trinajstić information content (AvgIpc) is 2.88. The molecule has 1 aliphatic heterocycles. The molecule has 1 aliphatic rings. The molecule has 1 saturated heterocycles. The van der Waals surface area contributed by atoms with Crippen LogP contribution in [0.3, 0.4) is 0 Å². The van der Waals surface area contributed by atoms with Crippen molar-refractivity contribution in [2.24, 2.45) is 0 Å². The van der Waals surface area contributed by atoms with Gasteiger partial charge in [0.2, 0.25) is 5.91 Å². The fourth-order valence-electron chi connectivity index (χ4n) is 2.69. The van der Waals surface area contributed by atoms with E-state index < -0.39 is 0 Å². The van der Waals surface area contributed by atoms with Gasteiger partial charge in [-0.15, -0.1) is 0 Å². The van der Waals surface area contributed by atoms with E-state index in [9.17, 15) is 9.90 Å². The third-order valence-corrected chi connectivity index (χ3v) is 3.63. The molecule has 6 heteroatoms. The lowest BCUT2D eigenvalue weighted by Gasteiger charge is -2.36. The van der Waals surface area contributed by atoms with Gasteiger partial charge in [0.15, 0.2) is 0 Å². The number of aromatic nitrogens is 2. The number of ether oxygens (including phenoxy) is 1. The van der Waals surface area contributed by atoms with E-state index in [0.717, 1.165) is 11.3 Å². The standard InChI is InChI=1S/C15H19N3O3/c1-11-7-18(9-13(10-19)21-11)15(20)6-12-8-17-5-3-2-4-14(17)16-12/h2-5,8,11,13,19H,6-7,9-10H2,1H3. The summed E-state index contributed by atoms with van der Waals surface area (Å²) in [4.78, 5) is 18.6. The largest absolute Gasteiger partial charge is 0.394 e. The van der Waals surface area contributed by atoms with E-state index in [1.165, 1.54) is 0 Å². The van der Waals surface area contributed by atoms with Crippen LogP contribution in [0.1, 0.15) is 12.6 Å². The fraction of sp³-hybridized carbons (Fsp3) is 0.467. The van der Waals surface area contributed by atoms with Crippen molar-refractivity contribution in [3.8, 4) is 0 Å². The smallest absolute Gasteiger partial charge is 0.228 e. The molecule has 2 unspecified atom stereocenters. The molecular weight excluding hydrogens is 270 g/mol. The Balaban J connectivity index is 1.70. The first-order chi connectivity index (χ1) is 10.2. The van der Waals surface area contributed by atoms with Crippen molar-refractivity contribution in [2.75, 3.05) is 19.7 Å². The molecule has 2 aromatic rings. The summed E-state index contributed by atoms with van der Waals surface area (Å²) in [6, 6.07) is 5.76. The Kier molecular flexibility index (Phi) is 3.90. The number of pyridine rings is 1. The molecule has 3 heterocycles. The molecule has 1 fully saturated rings. The number of rotatable bonds is 3. The molecule has 21 heavy (non-hydrogen) atoms. The third kappa shape index (κ3) is 3.06. The number of nitrogens with zero attached hydrogens (tertiary/aromatic N) is 3. The highest BCUT2D eigenvalue weighted by atomic mass is 16.5. The minimum Gasteiger partial charge on any atom is -0.394 e. The molecule has 0 aliphatic carbocycles. The first kappa shape index (κ1) is 14.0. The van der Waals surface area contributed by atoms with Crippen LogP contribution in [-0.2, 0) is 16.0 Å². The van der Waals surface area contributed by atoms with Gasteiger partial charge in [0.05, 0.1) is 30.9 Å². The maximum atomic E-state index is 12.4. The SMILES string of the molecule is CC1CN(C(=O)Cc2cn3ccccc3n2)CC(CO)O1. The van der Waals surface area contributed by atoms with Crippen LogP contribution in [0.2, 0.25) is 0 Å². The summed E-state index contributed by atoms with van der Waals surface area (Å²) in [6.07, 6.45) is 3.71. The number of aliphatic hydroxyl groups is 1. The van der Waals surface area contributed by atoms with Crippen molar-refractivity contribution in [3.05, 3.63) is 36.3 Å². The van der Waals surface area contributed by atoms with Gasteiger partial charge >= 0.3 is 0 Å². The summed E-state index contributed by atoms with van der Waals surface area (Å²) >= 11 is 0. The Morgan fingerprint density at radius 2 is 2.33 bits per heavy atom. The van der Waals surface area contributed by atoms with Gasteiger partial charge in [-0.3, -0.25) is 4.79 Å². The van der Waals surface area contributed by atoms with E-state index >= 15 is 0 Å². The molecule has 2 aromatic heterocycles. The molecule has 0 bridgehead atoms. The predicted octanol–water partition coefficient (Wildman–Crippen LogP) is 0.485. The molecule has 0 saturated carbocycles. The number of amides is 1. The molecule has 0 aromatic carbocycles. The highest BCUT2D eigenvalue weighted by Crippen LogP contribution is 2.13. The van der Waals surface area contributed by atoms with Crippen LogP contribution >= 0.6 is 0 Å². The van der Waals surface area contributed by atoms with Crippen LogP contribution in [0.25, 0.3) is 5.65 Å². The number of fused-ring (bicyclic) bond motifs is 1. The maximum Gasteiger partial charge on any atom is 0.228 e. The number of morpholine rings is 1. The van der Waals surface area contributed by atoms with E-state index in [1.54, 1.807) is 4.90 Å². The molecule has 1 N–H and O–H groups in total. The summed E-state index contributed by atoms with van der Waals surface area (Å²) in [5.74, 6) is 0.0204. The molecule has 1 amide bonds. The highest BCUT2D eigenvalue weighted by Gasteiger charge is 2.28. The van der Waals surface area contributed by atoms with E-state index in [0.29, 0.717) is 13.1 Å². The molecule has 6 nitrogen and oxygen atoms in total. The minimum absolute atomic E-state index is 0.0204. The Hall–Kier alpha value is -1.92. The summed E-state index contributed by atoms with van der Waals surface area (Å²) in [7, 11) is 0. The molecule has 112 valence electrons. The van der Waals surface area contributed by atoms with E-state index in [-0.39, 0.29) is 31.1 Å². The first-order valence-corrected chi connectivity index (χ1v) is 7.12. The summed E-state index contributed by atoms with van der Waals surface area (Å²) in [5.41, 5.74) is 1.59. The summed E-state index contributed by atoms with van der Waals surface area (Å²) < 4.78 is 7.45. The Morgan fingerprint density at radius 1 is 1.48 bits per heavy atom. The van der Waals surface area contributed by atoms with Gasteiger partial charge in [0, 0.05) is 25.5 Å². The van der Waals surface area contributed by atoms with Crippen LogP contribution in [0.5, 0.6) is 0 Å². The van der Waals surface area contributed by atoms with E-state index in [2.05, 4.69) is 4.98 Å². The zero-order valence-electron chi connectivity index (χ0n) is 12.0. The van der Waals surface area contributed by atoms with Crippen LogP contribution in [0.4, 0.5) is 0 Å². The Bertz CT molecular complexity index is 607. The van der Waals surface area contributed by atoms with Crippen molar-refractivity contribution >= 4 is 11.6 Å². The molecular formula is C15H19N3O3. The lowest BCUT2D eigenvalue weighted by atomic mass is 10.2. The second-order valence-corrected chi connectivity index (χ2v) is 5.43. The fourth-order valence-corrected chi connectivity index (χ4v) is 2.69. The zero-order valence-corrected chi connectivity index (χ0v) is 12.0. The van der Waals surface area contributed by atoms with Crippen molar-refractivity contribution < 1.29 is 14.6 Å². The number of aliphatic hydroxyl groups excluding tert-OH is 1. The van der Waals surface area contributed by atoms with Gasteiger partial charge < -0.3 is 19.1 Å². The Labute approximate surface area is 123 Å². The zero-order chi connectivity index (χ0) is 14.8.